The largest absolute Gasteiger partial charge is 0.459 e. The van der Waals surface area contributed by atoms with Gasteiger partial charge in [-0.3, -0.25) is 4.99 Å². The molecule has 1 N–H and O–H groups in total. The van der Waals surface area contributed by atoms with Crippen molar-refractivity contribution in [1.82, 2.24) is 0 Å². The predicted octanol–water partition coefficient (Wildman–Crippen LogP) is 4.75. The molecule has 1 fully saturated rings. The number of aliphatic hydroxyl groups is 1. The number of esters is 4. The summed E-state index contributed by atoms with van der Waals surface area (Å²) in [6.07, 6.45) is -6.48. The lowest BCUT2D eigenvalue weighted by atomic mass is 9.91. The standard InChI is InChI=1S/C37H31NO10S/c39-32(24-13-5-1-6-14-24)44-23-28-29(45-33(40)25-15-7-2-8-16-25)30(46-34(41)26-17-9-3-10-18-26)31(37(43,48-28)36-38-21-22-49-36)47-35(42)27-19-11-4-12-20-27/h1-20,28-31,43H,21-23H2/t28-,29-,30+,31-,37+/m1/s1. The van der Waals surface area contributed by atoms with Crippen molar-refractivity contribution < 1.29 is 48.0 Å². The number of thioether (sulfide) groups is 1. The van der Waals surface area contributed by atoms with E-state index in [9.17, 15) is 24.3 Å². The summed E-state index contributed by atoms with van der Waals surface area (Å²) in [6, 6.07) is 32.2. The Balaban J connectivity index is 1.43. The molecule has 4 aromatic carbocycles. The molecule has 0 radical (unpaired) electrons. The predicted molar refractivity (Wildman–Crippen MR) is 178 cm³/mol. The second-order valence-corrected chi connectivity index (χ2v) is 12.1. The van der Waals surface area contributed by atoms with E-state index in [1.165, 1.54) is 36.4 Å². The van der Waals surface area contributed by atoms with Gasteiger partial charge >= 0.3 is 23.9 Å². The fraction of sp³-hybridized carbons (Fsp3) is 0.216. The lowest BCUT2D eigenvalue weighted by Crippen LogP contribution is -2.70. The van der Waals surface area contributed by atoms with Gasteiger partial charge in [0.2, 0.25) is 6.10 Å². The van der Waals surface area contributed by atoms with Crippen LogP contribution in [0.15, 0.2) is 126 Å². The number of ether oxygens (including phenoxy) is 5. The highest BCUT2D eigenvalue weighted by Gasteiger charge is 2.63. The van der Waals surface area contributed by atoms with Gasteiger partial charge in [0.1, 0.15) is 17.8 Å². The maximum atomic E-state index is 13.7. The highest BCUT2D eigenvalue weighted by molar-refractivity contribution is 8.14. The molecule has 250 valence electrons. The normalized spacial score (nSPS) is 23.1. The van der Waals surface area contributed by atoms with Crippen molar-refractivity contribution in [3.63, 3.8) is 0 Å². The van der Waals surface area contributed by atoms with Gasteiger partial charge in [0.05, 0.1) is 22.3 Å². The van der Waals surface area contributed by atoms with E-state index in [-0.39, 0.29) is 27.3 Å². The number of carbonyl (C=O) groups excluding carboxylic acids is 4. The first-order valence-corrected chi connectivity index (χ1v) is 16.4. The molecule has 0 bridgehead atoms. The number of aliphatic imine (C=N–C) groups is 1. The molecule has 49 heavy (non-hydrogen) atoms. The Morgan fingerprint density at radius 2 is 1.08 bits per heavy atom. The fourth-order valence-corrected chi connectivity index (χ4v) is 6.28. The van der Waals surface area contributed by atoms with Gasteiger partial charge in [-0.2, -0.15) is 0 Å². The molecule has 0 aliphatic carbocycles. The molecule has 0 amide bonds. The zero-order chi connectivity index (χ0) is 34.2. The molecule has 0 aromatic heterocycles. The van der Waals surface area contributed by atoms with Gasteiger partial charge in [-0.15, -0.1) is 11.8 Å². The Bertz CT molecular complexity index is 1810. The number of hydrogen-bond donors (Lipinski definition) is 1. The van der Waals surface area contributed by atoms with Crippen molar-refractivity contribution in [2.24, 2.45) is 4.99 Å². The van der Waals surface area contributed by atoms with Crippen LogP contribution >= 0.6 is 11.8 Å². The van der Waals surface area contributed by atoms with E-state index in [0.717, 1.165) is 11.8 Å². The molecule has 2 aliphatic heterocycles. The number of benzene rings is 4. The molecular formula is C37H31NO10S. The van der Waals surface area contributed by atoms with E-state index in [4.69, 9.17) is 23.7 Å². The first kappa shape index (κ1) is 33.6. The van der Waals surface area contributed by atoms with Crippen LogP contribution in [0, 0.1) is 0 Å². The summed E-state index contributed by atoms with van der Waals surface area (Å²) >= 11 is 1.15. The van der Waals surface area contributed by atoms with E-state index in [1.807, 2.05) is 0 Å². The van der Waals surface area contributed by atoms with Gasteiger partial charge in [0.25, 0.3) is 5.79 Å². The second-order valence-electron chi connectivity index (χ2n) is 11.0. The zero-order valence-electron chi connectivity index (χ0n) is 26.0. The average molecular weight is 682 g/mol. The topological polar surface area (TPSA) is 147 Å². The maximum absolute atomic E-state index is 13.7. The molecule has 11 nitrogen and oxygen atoms in total. The van der Waals surface area contributed by atoms with Crippen LogP contribution in [0.5, 0.6) is 0 Å². The highest BCUT2D eigenvalue weighted by Crippen LogP contribution is 2.40. The molecule has 2 aliphatic rings. The Hall–Kier alpha value is -5.30. The molecular weight excluding hydrogens is 650 g/mol. The lowest BCUT2D eigenvalue weighted by Gasteiger charge is -2.48. The number of hydrogen-bond acceptors (Lipinski definition) is 12. The van der Waals surface area contributed by atoms with Crippen molar-refractivity contribution in [3.05, 3.63) is 144 Å². The number of rotatable bonds is 10. The van der Waals surface area contributed by atoms with Crippen LogP contribution in [0.25, 0.3) is 0 Å². The molecule has 12 heteroatoms. The van der Waals surface area contributed by atoms with Gasteiger partial charge < -0.3 is 28.8 Å². The lowest BCUT2D eigenvalue weighted by molar-refractivity contribution is -0.312. The Labute approximate surface area is 285 Å². The Kier molecular flexibility index (Phi) is 10.5. The van der Waals surface area contributed by atoms with Crippen molar-refractivity contribution in [2.45, 2.75) is 30.2 Å². The third kappa shape index (κ3) is 7.72. The van der Waals surface area contributed by atoms with Crippen molar-refractivity contribution in [2.75, 3.05) is 18.9 Å². The summed E-state index contributed by atoms with van der Waals surface area (Å²) in [5, 5.41) is 12.4. The first-order chi connectivity index (χ1) is 23.8. The summed E-state index contributed by atoms with van der Waals surface area (Å²) in [5.41, 5.74) is 0.670. The maximum Gasteiger partial charge on any atom is 0.338 e. The van der Waals surface area contributed by atoms with Crippen LogP contribution in [-0.2, 0) is 23.7 Å². The number of carbonyl (C=O) groups is 4. The van der Waals surface area contributed by atoms with Crippen LogP contribution in [0.2, 0.25) is 0 Å². The van der Waals surface area contributed by atoms with Crippen LogP contribution in [-0.4, -0.2) is 83.1 Å². The molecule has 2 heterocycles. The minimum absolute atomic E-state index is 0.0475. The van der Waals surface area contributed by atoms with E-state index in [2.05, 4.69) is 4.99 Å². The van der Waals surface area contributed by atoms with E-state index < -0.39 is 60.7 Å². The fourth-order valence-electron chi connectivity index (χ4n) is 5.35. The van der Waals surface area contributed by atoms with Crippen LogP contribution in [0.3, 0.4) is 0 Å². The van der Waals surface area contributed by atoms with Gasteiger partial charge in [0.15, 0.2) is 12.2 Å². The van der Waals surface area contributed by atoms with Crippen LogP contribution in [0.1, 0.15) is 41.4 Å². The Morgan fingerprint density at radius 1 is 0.653 bits per heavy atom. The summed E-state index contributed by atoms with van der Waals surface area (Å²) in [6.45, 7) is -0.237. The van der Waals surface area contributed by atoms with Gasteiger partial charge in [-0.05, 0) is 48.5 Å². The molecule has 4 aromatic rings. The summed E-state index contributed by atoms with van der Waals surface area (Å²) in [5.74, 6) is -5.32. The third-order valence-electron chi connectivity index (χ3n) is 7.73. The van der Waals surface area contributed by atoms with Crippen molar-refractivity contribution in [1.29, 1.82) is 0 Å². The van der Waals surface area contributed by atoms with E-state index >= 15 is 0 Å². The SMILES string of the molecule is O=C(OC[C@H]1O[C@](O)(C2=NCCS2)[C@H](OC(=O)c2ccccc2)[C@@H](OC(=O)c2ccccc2)[C@@H]1OC(=O)c1ccccc1)c1ccccc1. The third-order valence-corrected chi connectivity index (χ3v) is 8.82. The van der Waals surface area contributed by atoms with Gasteiger partial charge in [-0.1, -0.05) is 72.8 Å². The van der Waals surface area contributed by atoms with Crippen molar-refractivity contribution in [3.8, 4) is 0 Å². The molecule has 0 spiro atoms. The molecule has 0 unspecified atom stereocenters. The molecule has 6 rings (SSSR count). The minimum Gasteiger partial charge on any atom is -0.459 e. The second kappa shape index (κ2) is 15.3. The minimum atomic E-state index is -2.51. The van der Waals surface area contributed by atoms with E-state index in [1.54, 1.807) is 84.9 Å². The first-order valence-electron chi connectivity index (χ1n) is 15.4. The summed E-state index contributed by atoms with van der Waals surface area (Å²) in [4.78, 5) is 58.2. The smallest absolute Gasteiger partial charge is 0.338 e. The quantitative estimate of drug-likeness (QED) is 0.183. The highest BCUT2D eigenvalue weighted by atomic mass is 32.2. The molecule has 1 saturated heterocycles. The van der Waals surface area contributed by atoms with Crippen LogP contribution in [0.4, 0.5) is 0 Å². The van der Waals surface area contributed by atoms with Gasteiger partial charge in [0, 0.05) is 12.3 Å². The number of nitrogens with zero attached hydrogens (tertiary/aromatic N) is 1. The van der Waals surface area contributed by atoms with Crippen molar-refractivity contribution >= 4 is 40.7 Å². The molecule has 5 atom stereocenters. The van der Waals surface area contributed by atoms with Gasteiger partial charge in [-0.25, -0.2) is 19.2 Å². The molecule has 0 saturated carbocycles. The Morgan fingerprint density at radius 3 is 1.53 bits per heavy atom. The van der Waals surface area contributed by atoms with Crippen LogP contribution < -0.4 is 0 Å². The monoisotopic (exact) mass is 681 g/mol. The zero-order valence-corrected chi connectivity index (χ0v) is 26.8. The summed E-state index contributed by atoms with van der Waals surface area (Å²) in [7, 11) is 0. The summed E-state index contributed by atoms with van der Waals surface area (Å²) < 4.78 is 29.8. The average Bonchev–Trinajstić information content (AvgIpc) is 3.71. The van der Waals surface area contributed by atoms with E-state index in [0.29, 0.717) is 12.3 Å².